The first-order valence-electron chi connectivity index (χ1n) is 7.79. The molecule has 0 atom stereocenters. The van der Waals surface area contributed by atoms with Crippen molar-refractivity contribution in [3.63, 3.8) is 0 Å². The molecule has 1 aromatic heterocycles. The predicted octanol–water partition coefficient (Wildman–Crippen LogP) is 3.93. The number of fused-ring (bicyclic) bond motifs is 1. The first kappa shape index (κ1) is 16.7. The maximum Gasteiger partial charge on any atom is 0.338 e. The highest BCUT2D eigenvalue weighted by molar-refractivity contribution is 5.96. The van der Waals surface area contributed by atoms with Gasteiger partial charge in [0.1, 0.15) is 11.4 Å². The lowest BCUT2D eigenvalue weighted by Crippen LogP contribution is -2.14. The van der Waals surface area contributed by atoms with Crippen LogP contribution in [0.25, 0.3) is 11.0 Å². The minimum atomic E-state index is -0.410. The summed E-state index contributed by atoms with van der Waals surface area (Å²) in [6.45, 7) is 2.04. The summed E-state index contributed by atoms with van der Waals surface area (Å²) < 4.78 is 23.6. The summed E-state index contributed by atoms with van der Waals surface area (Å²) in [5, 5.41) is 3.31. The molecule has 2 aromatic carbocycles. The molecule has 0 spiro atoms. The van der Waals surface area contributed by atoms with Crippen LogP contribution in [-0.2, 0) is 16.0 Å². The molecule has 0 saturated heterocycles. The molecule has 128 valence electrons. The number of halogens is 1. The molecule has 3 rings (SSSR count). The van der Waals surface area contributed by atoms with E-state index in [0.29, 0.717) is 34.4 Å². The van der Waals surface area contributed by atoms with E-state index in [1.807, 2.05) is 0 Å². The van der Waals surface area contributed by atoms with Crippen molar-refractivity contribution in [2.75, 3.05) is 11.9 Å². The molecular formula is C19H16FNO4. The van der Waals surface area contributed by atoms with Crippen molar-refractivity contribution in [3.8, 4) is 0 Å². The molecule has 6 heteroatoms. The lowest BCUT2D eigenvalue weighted by Gasteiger charge is -2.06. The van der Waals surface area contributed by atoms with Gasteiger partial charge in [0, 0.05) is 16.6 Å². The number of carbonyl (C=O) groups is 2. The summed E-state index contributed by atoms with van der Waals surface area (Å²) in [7, 11) is 0. The van der Waals surface area contributed by atoms with Crippen LogP contribution in [0.4, 0.5) is 10.1 Å². The predicted molar refractivity (Wildman–Crippen MR) is 90.9 cm³/mol. The fourth-order valence-corrected chi connectivity index (χ4v) is 2.47. The van der Waals surface area contributed by atoms with Crippen molar-refractivity contribution in [3.05, 3.63) is 65.7 Å². The fraction of sp³-hybridized carbons (Fsp3) is 0.158. The van der Waals surface area contributed by atoms with Gasteiger partial charge in [0.2, 0.25) is 5.91 Å². The van der Waals surface area contributed by atoms with Crippen LogP contribution in [0.5, 0.6) is 0 Å². The summed E-state index contributed by atoms with van der Waals surface area (Å²) in [5.41, 5.74) is 2.10. The zero-order valence-electron chi connectivity index (χ0n) is 13.5. The molecule has 5 nitrogen and oxygen atoms in total. The Morgan fingerprint density at radius 3 is 2.64 bits per heavy atom. The highest BCUT2D eigenvalue weighted by Crippen LogP contribution is 2.23. The Kier molecular flexibility index (Phi) is 4.79. The number of amides is 1. The number of esters is 1. The largest absolute Gasteiger partial charge is 0.464 e. The van der Waals surface area contributed by atoms with Crippen LogP contribution < -0.4 is 5.32 Å². The van der Waals surface area contributed by atoms with E-state index in [9.17, 15) is 14.0 Å². The minimum absolute atomic E-state index is 0.0517. The number of ether oxygens (including phenoxy) is 1. The number of hydrogen-bond donors (Lipinski definition) is 1. The van der Waals surface area contributed by atoms with E-state index >= 15 is 0 Å². The van der Waals surface area contributed by atoms with E-state index in [2.05, 4.69) is 5.32 Å². The molecule has 25 heavy (non-hydrogen) atoms. The van der Waals surface area contributed by atoms with E-state index in [4.69, 9.17) is 9.15 Å². The summed E-state index contributed by atoms with van der Waals surface area (Å²) in [6.07, 6.45) is 1.50. The fourth-order valence-electron chi connectivity index (χ4n) is 2.47. The monoisotopic (exact) mass is 341 g/mol. The van der Waals surface area contributed by atoms with Crippen LogP contribution in [-0.4, -0.2) is 18.5 Å². The summed E-state index contributed by atoms with van der Waals surface area (Å²) >= 11 is 0. The van der Waals surface area contributed by atoms with Gasteiger partial charge in [0.15, 0.2) is 0 Å². The van der Waals surface area contributed by atoms with Crippen LogP contribution in [0, 0.1) is 5.82 Å². The van der Waals surface area contributed by atoms with Gasteiger partial charge in [-0.1, -0.05) is 0 Å². The van der Waals surface area contributed by atoms with E-state index in [0.717, 1.165) is 0 Å². The third-order valence-electron chi connectivity index (χ3n) is 3.65. The van der Waals surface area contributed by atoms with E-state index in [1.165, 1.54) is 24.5 Å². The second kappa shape index (κ2) is 7.17. The van der Waals surface area contributed by atoms with Crippen molar-refractivity contribution < 1.29 is 23.1 Å². The molecular weight excluding hydrogens is 325 g/mol. The van der Waals surface area contributed by atoms with Gasteiger partial charge in [-0.25, -0.2) is 9.18 Å². The Morgan fingerprint density at radius 2 is 1.92 bits per heavy atom. The zero-order chi connectivity index (χ0) is 17.8. The first-order chi connectivity index (χ1) is 12.1. The van der Waals surface area contributed by atoms with Gasteiger partial charge in [0.25, 0.3) is 0 Å². The van der Waals surface area contributed by atoms with Crippen LogP contribution in [0.2, 0.25) is 0 Å². The van der Waals surface area contributed by atoms with E-state index < -0.39 is 5.97 Å². The number of benzene rings is 2. The van der Waals surface area contributed by atoms with Crippen molar-refractivity contribution in [1.29, 1.82) is 0 Å². The quantitative estimate of drug-likeness (QED) is 0.714. The van der Waals surface area contributed by atoms with Gasteiger partial charge in [-0.15, -0.1) is 0 Å². The normalized spacial score (nSPS) is 10.6. The molecule has 3 aromatic rings. The first-order valence-corrected chi connectivity index (χ1v) is 7.79. The molecule has 0 aliphatic heterocycles. The van der Waals surface area contributed by atoms with Gasteiger partial charge >= 0.3 is 5.97 Å². The number of anilines is 1. The molecule has 0 aliphatic rings. The number of rotatable bonds is 5. The maximum absolute atomic E-state index is 13.4. The summed E-state index contributed by atoms with van der Waals surface area (Å²) in [6, 6.07) is 10.6. The average Bonchev–Trinajstić information content (AvgIpc) is 2.97. The third kappa shape index (κ3) is 3.85. The lowest BCUT2D eigenvalue weighted by molar-refractivity contribution is -0.115. The Labute approximate surface area is 143 Å². The third-order valence-corrected chi connectivity index (χ3v) is 3.65. The zero-order valence-corrected chi connectivity index (χ0v) is 13.5. The molecule has 0 saturated carbocycles. The number of carbonyl (C=O) groups excluding carboxylic acids is 2. The van der Waals surface area contributed by atoms with Crippen LogP contribution in [0.15, 0.2) is 53.1 Å². The molecule has 0 aliphatic carbocycles. The Balaban J connectivity index is 1.67. The van der Waals surface area contributed by atoms with Crippen LogP contribution >= 0.6 is 0 Å². The van der Waals surface area contributed by atoms with E-state index in [1.54, 1.807) is 31.2 Å². The average molecular weight is 341 g/mol. The lowest BCUT2D eigenvalue weighted by atomic mass is 10.1. The SMILES string of the molecule is CCOC(=O)c1ccc(NC(=O)Cc2coc3ccc(F)cc23)cc1. The maximum atomic E-state index is 13.4. The van der Waals surface area contributed by atoms with Gasteiger partial charge < -0.3 is 14.5 Å². The van der Waals surface area contributed by atoms with Crippen molar-refractivity contribution in [2.24, 2.45) is 0 Å². The molecule has 0 bridgehead atoms. The smallest absolute Gasteiger partial charge is 0.338 e. The van der Waals surface area contributed by atoms with Crippen molar-refractivity contribution in [1.82, 2.24) is 0 Å². The van der Waals surface area contributed by atoms with Gasteiger partial charge in [-0.05, 0) is 49.4 Å². The molecule has 1 heterocycles. The van der Waals surface area contributed by atoms with Gasteiger partial charge in [-0.3, -0.25) is 4.79 Å². The topological polar surface area (TPSA) is 68.5 Å². The van der Waals surface area contributed by atoms with Crippen molar-refractivity contribution in [2.45, 2.75) is 13.3 Å². The number of furan rings is 1. The Hall–Kier alpha value is -3.15. The standard InChI is InChI=1S/C19H16FNO4/c1-2-24-19(23)12-3-6-15(7-4-12)21-18(22)9-13-11-25-17-8-5-14(20)10-16(13)17/h3-8,10-11H,2,9H2,1H3,(H,21,22). The summed E-state index contributed by atoms with van der Waals surface area (Å²) in [4.78, 5) is 23.8. The van der Waals surface area contributed by atoms with E-state index in [-0.39, 0.29) is 18.1 Å². The molecule has 0 fully saturated rings. The number of hydrogen-bond acceptors (Lipinski definition) is 4. The number of nitrogens with one attached hydrogen (secondary N) is 1. The minimum Gasteiger partial charge on any atom is -0.464 e. The van der Waals surface area contributed by atoms with Crippen molar-refractivity contribution >= 4 is 28.5 Å². The molecule has 1 N–H and O–H groups in total. The summed E-state index contributed by atoms with van der Waals surface area (Å²) in [5.74, 6) is -1.06. The second-order valence-electron chi connectivity index (χ2n) is 5.42. The highest BCUT2D eigenvalue weighted by atomic mass is 19.1. The van der Waals surface area contributed by atoms with Gasteiger partial charge in [-0.2, -0.15) is 0 Å². The molecule has 0 unspecified atom stereocenters. The molecule has 1 amide bonds. The van der Waals surface area contributed by atoms with Crippen LogP contribution in [0.1, 0.15) is 22.8 Å². The Bertz CT molecular complexity index is 915. The van der Waals surface area contributed by atoms with Crippen LogP contribution in [0.3, 0.4) is 0 Å². The highest BCUT2D eigenvalue weighted by Gasteiger charge is 2.12. The van der Waals surface area contributed by atoms with Gasteiger partial charge in [0.05, 0.1) is 24.9 Å². The molecule has 0 radical (unpaired) electrons. The Morgan fingerprint density at radius 1 is 1.16 bits per heavy atom. The second-order valence-corrected chi connectivity index (χ2v) is 5.42.